The van der Waals surface area contributed by atoms with Gasteiger partial charge in [-0.25, -0.2) is 8.42 Å². The van der Waals surface area contributed by atoms with Gasteiger partial charge in [0.2, 0.25) is 0 Å². The van der Waals surface area contributed by atoms with Crippen LogP contribution in [-0.2, 0) is 10.0 Å². The third-order valence-corrected chi connectivity index (χ3v) is 6.05. The summed E-state index contributed by atoms with van der Waals surface area (Å²) in [4.78, 5) is 17.0. The van der Waals surface area contributed by atoms with Crippen LogP contribution in [0.1, 0.15) is 10.4 Å². The topological polar surface area (TPSA) is 88.2 Å². The van der Waals surface area contributed by atoms with Gasteiger partial charge in [-0.2, -0.15) is 0 Å². The summed E-state index contributed by atoms with van der Waals surface area (Å²) in [7, 11) is -3.79. The first kappa shape index (κ1) is 19.9. The van der Waals surface area contributed by atoms with Gasteiger partial charge in [0.15, 0.2) is 0 Å². The molecule has 0 bridgehead atoms. The van der Waals surface area contributed by atoms with Crippen molar-refractivity contribution in [2.75, 3.05) is 10.0 Å². The van der Waals surface area contributed by atoms with Crippen molar-refractivity contribution in [1.29, 1.82) is 0 Å². The Morgan fingerprint density at radius 3 is 2.30 bits per heavy atom. The summed E-state index contributed by atoms with van der Waals surface area (Å²) in [6.07, 6.45) is 1.66. The highest BCUT2D eigenvalue weighted by Gasteiger charge is 2.16. The highest BCUT2D eigenvalue weighted by atomic mass is 35.5. The van der Waals surface area contributed by atoms with Crippen molar-refractivity contribution < 1.29 is 13.2 Å². The highest BCUT2D eigenvalue weighted by Crippen LogP contribution is 2.22. The molecule has 4 rings (SSSR count). The zero-order chi connectivity index (χ0) is 21.1. The number of amides is 1. The number of hydrogen-bond donors (Lipinski definition) is 2. The van der Waals surface area contributed by atoms with E-state index >= 15 is 0 Å². The van der Waals surface area contributed by atoms with Crippen LogP contribution < -0.4 is 10.0 Å². The van der Waals surface area contributed by atoms with E-state index < -0.39 is 10.0 Å². The van der Waals surface area contributed by atoms with Gasteiger partial charge >= 0.3 is 0 Å². The Morgan fingerprint density at radius 1 is 0.867 bits per heavy atom. The number of carbonyl (C=O) groups excluding carboxylic acids is 1. The second-order valence-electron chi connectivity index (χ2n) is 6.47. The second-order valence-corrected chi connectivity index (χ2v) is 8.59. The Morgan fingerprint density at radius 2 is 1.57 bits per heavy atom. The molecule has 0 aliphatic heterocycles. The maximum atomic E-state index is 12.6. The first-order chi connectivity index (χ1) is 14.4. The molecule has 0 fully saturated rings. The highest BCUT2D eigenvalue weighted by molar-refractivity contribution is 7.92. The van der Waals surface area contributed by atoms with Crippen molar-refractivity contribution >= 4 is 49.8 Å². The van der Waals surface area contributed by atoms with Gasteiger partial charge in [-0.3, -0.25) is 14.5 Å². The van der Waals surface area contributed by atoms with Crippen LogP contribution in [0.2, 0.25) is 5.02 Å². The van der Waals surface area contributed by atoms with Gasteiger partial charge in [0.25, 0.3) is 15.9 Å². The number of benzene rings is 3. The van der Waals surface area contributed by atoms with E-state index in [-0.39, 0.29) is 10.8 Å². The summed E-state index contributed by atoms with van der Waals surface area (Å²) in [6, 6.07) is 21.3. The van der Waals surface area contributed by atoms with Gasteiger partial charge in [-0.15, -0.1) is 0 Å². The minimum atomic E-state index is -3.79. The Labute approximate surface area is 178 Å². The molecule has 0 saturated carbocycles. The van der Waals surface area contributed by atoms with Crippen LogP contribution in [0, 0.1) is 0 Å². The average molecular weight is 438 g/mol. The molecule has 1 aromatic heterocycles. The fraction of sp³-hybridized carbons (Fsp3) is 0. The fourth-order valence-electron chi connectivity index (χ4n) is 2.92. The lowest BCUT2D eigenvalue weighted by Gasteiger charge is -2.10. The number of nitrogens with one attached hydrogen (secondary N) is 2. The lowest BCUT2D eigenvalue weighted by Crippen LogP contribution is -2.15. The number of sulfonamides is 1. The lowest BCUT2D eigenvalue weighted by atomic mass is 10.1. The number of halogens is 1. The number of pyridine rings is 1. The first-order valence-corrected chi connectivity index (χ1v) is 10.8. The molecule has 150 valence electrons. The Hall–Kier alpha value is -3.42. The average Bonchev–Trinajstić information content (AvgIpc) is 2.75. The smallest absolute Gasteiger partial charge is 0.261 e. The van der Waals surface area contributed by atoms with Gasteiger partial charge in [0.1, 0.15) is 0 Å². The van der Waals surface area contributed by atoms with Gasteiger partial charge < -0.3 is 5.32 Å². The number of fused-ring (bicyclic) bond motifs is 1. The number of carbonyl (C=O) groups is 1. The molecule has 0 unspecified atom stereocenters. The van der Waals surface area contributed by atoms with Crippen molar-refractivity contribution in [1.82, 2.24) is 4.98 Å². The second kappa shape index (κ2) is 8.14. The fourth-order valence-corrected chi connectivity index (χ4v) is 4.10. The number of anilines is 2. The maximum Gasteiger partial charge on any atom is 0.261 e. The molecular formula is C22H16ClN3O3S. The zero-order valence-corrected chi connectivity index (χ0v) is 17.1. The van der Waals surface area contributed by atoms with E-state index in [4.69, 9.17) is 11.6 Å². The summed E-state index contributed by atoms with van der Waals surface area (Å²) < 4.78 is 27.6. The number of aromatic nitrogens is 1. The third-order valence-electron chi connectivity index (χ3n) is 4.40. The Balaban J connectivity index is 1.52. The molecule has 8 heteroatoms. The molecule has 0 saturated heterocycles. The number of nitrogens with zero attached hydrogens (tertiary/aromatic N) is 1. The molecular weight excluding hydrogens is 422 g/mol. The predicted octanol–water partition coefficient (Wildman–Crippen LogP) is 4.94. The lowest BCUT2D eigenvalue weighted by molar-refractivity contribution is 0.102. The van der Waals surface area contributed by atoms with Crippen molar-refractivity contribution in [3.05, 3.63) is 95.6 Å². The van der Waals surface area contributed by atoms with Gasteiger partial charge in [-0.1, -0.05) is 29.8 Å². The molecule has 3 aromatic carbocycles. The quantitative estimate of drug-likeness (QED) is 0.462. The molecule has 0 spiro atoms. The van der Waals surface area contributed by atoms with Crippen LogP contribution in [0.5, 0.6) is 0 Å². The van der Waals surface area contributed by atoms with Gasteiger partial charge in [0, 0.05) is 27.9 Å². The van der Waals surface area contributed by atoms with E-state index in [0.29, 0.717) is 27.5 Å². The summed E-state index contributed by atoms with van der Waals surface area (Å²) in [6.45, 7) is 0. The maximum absolute atomic E-state index is 12.6. The monoisotopic (exact) mass is 437 g/mol. The summed E-state index contributed by atoms with van der Waals surface area (Å²) in [5.41, 5.74) is 1.98. The van der Waals surface area contributed by atoms with Crippen LogP contribution in [-0.4, -0.2) is 19.3 Å². The molecule has 0 aliphatic rings. The molecule has 6 nitrogen and oxygen atoms in total. The van der Waals surface area contributed by atoms with Crippen LogP contribution in [0.15, 0.2) is 90.0 Å². The Bertz CT molecular complexity index is 1320. The largest absolute Gasteiger partial charge is 0.320 e. The van der Waals surface area contributed by atoms with Gasteiger partial charge in [-0.05, 0) is 60.7 Å². The van der Waals surface area contributed by atoms with E-state index in [2.05, 4.69) is 15.0 Å². The van der Waals surface area contributed by atoms with Crippen molar-refractivity contribution in [2.45, 2.75) is 4.90 Å². The minimum Gasteiger partial charge on any atom is -0.320 e. The van der Waals surface area contributed by atoms with E-state index in [1.807, 2.05) is 24.3 Å². The molecule has 0 atom stereocenters. The van der Waals surface area contributed by atoms with Crippen molar-refractivity contribution in [3.63, 3.8) is 0 Å². The third kappa shape index (κ3) is 4.27. The van der Waals surface area contributed by atoms with Crippen molar-refractivity contribution in [2.24, 2.45) is 0 Å². The van der Waals surface area contributed by atoms with Gasteiger partial charge in [0.05, 0.1) is 16.1 Å². The normalized spacial score (nSPS) is 11.2. The molecule has 1 amide bonds. The summed E-state index contributed by atoms with van der Waals surface area (Å²) in [5, 5.41) is 4.24. The summed E-state index contributed by atoms with van der Waals surface area (Å²) >= 11 is 5.82. The summed E-state index contributed by atoms with van der Waals surface area (Å²) in [5.74, 6) is -0.359. The van der Waals surface area contributed by atoms with Crippen LogP contribution in [0.4, 0.5) is 11.4 Å². The van der Waals surface area contributed by atoms with Crippen LogP contribution >= 0.6 is 11.6 Å². The predicted molar refractivity (Wildman–Crippen MR) is 118 cm³/mol. The van der Waals surface area contributed by atoms with Crippen LogP contribution in [0.3, 0.4) is 0 Å². The van der Waals surface area contributed by atoms with E-state index in [1.54, 1.807) is 36.5 Å². The van der Waals surface area contributed by atoms with E-state index in [1.165, 1.54) is 24.3 Å². The molecule has 0 aliphatic carbocycles. The molecule has 30 heavy (non-hydrogen) atoms. The zero-order valence-electron chi connectivity index (χ0n) is 15.5. The van der Waals surface area contributed by atoms with Crippen molar-refractivity contribution in [3.8, 4) is 0 Å². The number of rotatable bonds is 5. The van der Waals surface area contributed by atoms with E-state index in [9.17, 15) is 13.2 Å². The number of hydrogen-bond acceptors (Lipinski definition) is 4. The van der Waals surface area contributed by atoms with Crippen LogP contribution in [0.25, 0.3) is 10.9 Å². The molecule has 0 radical (unpaired) electrons. The van der Waals surface area contributed by atoms with E-state index in [0.717, 1.165) is 5.39 Å². The minimum absolute atomic E-state index is 0.0424. The molecule has 4 aromatic rings. The molecule has 1 heterocycles. The first-order valence-electron chi connectivity index (χ1n) is 8.96. The SMILES string of the molecule is O=C(Nc1cccc2cccnc12)c1ccc(S(=O)(=O)Nc2ccc(Cl)cc2)cc1. The number of para-hydroxylation sites is 1. The molecule has 2 N–H and O–H groups in total. The standard InChI is InChI=1S/C22H16ClN3O3S/c23-17-8-10-18(11-9-17)26-30(28,29)19-12-6-16(7-13-19)22(27)25-20-5-1-3-15-4-2-14-24-21(15)20/h1-14,26H,(H,25,27). The Kier molecular flexibility index (Phi) is 5.39.